The maximum atomic E-state index is 9.95. The summed E-state index contributed by atoms with van der Waals surface area (Å²) in [6.45, 7) is 0.958. The van der Waals surface area contributed by atoms with Gasteiger partial charge in [0.05, 0.1) is 25.9 Å². The number of aliphatic hydroxyl groups excluding tert-OH is 1. The lowest BCUT2D eigenvalue weighted by atomic mass is 10.3. The zero-order chi connectivity index (χ0) is 15.2. The molecule has 7 nitrogen and oxygen atoms in total. The Kier molecular flexibility index (Phi) is 4.84. The number of hydrogen-bond acceptors (Lipinski definition) is 7. The van der Waals surface area contributed by atoms with Crippen molar-refractivity contribution < 1.29 is 9.84 Å². The third kappa shape index (κ3) is 3.94. The molecule has 0 aliphatic rings. The van der Waals surface area contributed by atoms with Gasteiger partial charge in [-0.25, -0.2) is 0 Å². The summed E-state index contributed by atoms with van der Waals surface area (Å²) >= 11 is 1.63. The molecular weight excluding hydrogens is 302 g/mol. The summed E-state index contributed by atoms with van der Waals surface area (Å²) < 4.78 is 5.46. The summed E-state index contributed by atoms with van der Waals surface area (Å²) in [5.74, 6) is 0.486. The molecule has 8 heteroatoms. The predicted octanol–water partition coefficient (Wildman–Crippen LogP) is 1.37. The summed E-state index contributed by atoms with van der Waals surface area (Å²) in [5.41, 5.74) is 0.789. The average molecular weight is 317 g/mol. The van der Waals surface area contributed by atoms with E-state index in [-0.39, 0.29) is 13.2 Å². The molecule has 0 amide bonds. The number of nitrogens with zero attached hydrogens (tertiary/aromatic N) is 5. The number of thiophene rings is 1. The maximum Gasteiger partial charge on any atom is 0.206 e. The van der Waals surface area contributed by atoms with Crippen LogP contribution < -0.4 is 0 Å². The number of hydrogen-bond donors (Lipinski definition) is 1. The highest BCUT2D eigenvalue weighted by Gasteiger charge is 2.10. The highest BCUT2D eigenvalue weighted by molar-refractivity contribution is 7.09. The fraction of sp³-hybridized carbons (Fsp3) is 0.286. The van der Waals surface area contributed by atoms with Gasteiger partial charge < -0.3 is 9.84 Å². The normalized spacial score (nSPS) is 12.4. The molecule has 3 rings (SSSR count). The summed E-state index contributed by atoms with van der Waals surface area (Å²) in [7, 11) is 0. The zero-order valence-corrected chi connectivity index (χ0v) is 12.6. The monoisotopic (exact) mass is 317 g/mol. The van der Waals surface area contributed by atoms with Gasteiger partial charge in [-0.1, -0.05) is 6.07 Å². The molecule has 1 atom stereocenters. The number of aromatic nitrogens is 5. The fourth-order valence-electron chi connectivity index (χ4n) is 1.86. The van der Waals surface area contributed by atoms with Crippen LogP contribution in [0.3, 0.4) is 0 Å². The Hall–Kier alpha value is -2.16. The van der Waals surface area contributed by atoms with Gasteiger partial charge in [0.2, 0.25) is 5.82 Å². The largest absolute Gasteiger partial charge is 0.389 e. The van der Waals surface area contributed by atoms with Crippen LogP contribution in [0.2, 0.25) is 0 Å². The highest BCUT2D eigenvalue weighted by Crippen LogP contribution is 2.11. The molecule has 0 unspecified atom stereocenters. The van der Waals surface area contributed by atoms with Gasteiger partial charge in [-0.2, -0.15) is 4.80 Å². The molecule has 0 saturated carbocycles. The van der Waals surface area contributed by atoms with E-state index < -0.39 is 6.10 Å². The number of ether oxygens (including phenoxy) is 1. The van der Waals surface area contributed by atoms with Crippen LogP contribution in [0.4, 0.5) is 0 Å². The standard InChI is InChI=1S/C14H15N5O2S/c20-12(9-21-10-13-4-2-6-22-13)8-19-17-14(16-18-19)11-3-1-5-15-7-11/h1-7,12,20H,8-10H2/t12-/m0/s1. The Morgan fingerprint density at radius 3 is 3.05 bits per heavy atom. The second kappa shape index (κ2) is 7.21. The first-order valence-corrected chi connectivity index (χ1v) is 7.65. The van der Waals surface area contributed by atoms with Crippen LogP contribution in [0.5, 0.6) is 0 Å². The first kappa shape index (κ1) is 14.8. The van der Waals surface area contributed by atoms with Gasteiger partial charge in [-0.15, -0.1) is 21.5 Å². The lowest BCUT2D eigenvalue weighted by molar-refractivity contribution is 0.0174. The summed E-state index contributed by atoms with van der Waals surface area (Å²) in [6, 6.07) is 7.63. The van der Waals surface area contributed by atoms with Gasteiger partial charge in [-0.3, -0.25) is 4.98 Å². The Labute approximate surface area is 131 Å². The number of rotatable bonds is 7. The molecule has 22 heavy (non-hydrogen) atoms. The molecule has 0 aliphatic carbocycles. The van der Waals surface area contributed by atoms with Crippen LogP contribution >= 0.6 is 11.3 Å². The number of tetrazole rings is 1. The van der Waals surface area contributed by atoms with Crippen LogP contribution in [-0.4, -0.2) is 43.0 Å². The van der Waals surface area contributed by atoms with Crippen molar-refractivity contribution in [3.63, 3.8) is 0 Å². The third-order valence-electron chi connectivity index (χ3n) is 2.88. The Bertz CT molecular complexity index is 686. The topological polar surface area (TPSA) is 86.0 Å². The van der Waals surface area contributed by atoms with Crippen LogP contribution in [0.1, 0.15) is 4.88 Å². The number of pyridine rings is 1. The molecular formula is C14H15N5O2S. The van der Waals surface area contributed by atoms with Crippen molar-refractivity contribution in [1.29, 1.82) is 0 Å². The average Bonchev–Trinajstić information content (AvgIpc) is 3.20. The van der Waals surface area contributed by atoms with E-state index >= 15 is 0 Å². The SMILES string of the molecule is O[C@H](COCc1cccs1)Cn1nnc(-c2cccnc2)n1. The van der Waals surface area contributed by atoms with Crippen LogP contribution in [0, 0.1) is 0 Å². The Balaban J connectivity index is 1.49. The Morgan fingerprint density at radius 1 is 1.32 bits per heavy atom. The van der Waals surface area contributed by atoms with Crippen LogP contribution in [0.25, 0.3) is 11.4 Å². The molecule has 3 aromatic rings. The quantitative estimate of drug-likeness (QED) is 0.708. The van der Waals surface area contributed by atoms with Crippen molar-refractivity contribution in [2.24, 2.45) is 0 Å². The van der Waals surface area contributed by atoms with E-state index in [9.17, 15) is 5.11 Å². The molecule has 0 saturated heterocycles. The van der Waals surface area contributed by atoms with Gasteiger partial charge in [0.25, 0.3) is 0 Å². The highest BCUT2D eigenvalue weighted by atomic mass is 32.1. The van der Waals surface area contributed by atoms with Crippen molar-refractivity contribution in [1.82, 2.24) is 25.2 Å². The minimum atomic E-state index is -0.684. The Morgan fingerprint density at radius 2 is 2.27 bits per heavy atom. The second-order valence-electron chi connectivity index (χ2n) is 4.66. The van der Waals surface area contributed by atoms with E-state index in [0.29, 0.717) is 12.4 Å². The summed E-state index contributed by atoms with van der Waals surface area (Å²) in [4.78, 5) is 6.50. The molecule has 3 heterocycles. The molecule has 0 bridgehead atoms. The van der Waals surface area contributed by atoms with E-state index in [1.165, 1.54) is 4.80 Å². The molecule has 1 N–H and O–H groups in total. The molecule has 0 radical (unpaired) electrons. The van der Waals surface area contributed by atoms with E-state index in [4.69, 9.17) is 4.74 Å². The molecule has 0 spiro atoms. The van der Waals surface area contributed by atoms with Gasteiger partial charge in [-0.05, 0) is 28.8 Å². The van der Waals surface area contributed by atoms with Gasteiger partial charge in [0.1, 0.15) is 0 Å². The van der Waals surface area contributed by atoms with Crippen molar-refractivity contribution in [2.45, 2.75) is 19.3 Å². The summed E-state index contributed by atoms with van der Waals surface area (Å²) in [5, 5.41) is 24.0. The second-order valence-corrected chi connectivity index (χ2v) is 5.69. The smallest absolute Gasteiger partial charge is 0.206 e. The minimum absolute atomic E-state index is 0.224. The van der Waals surface area contributed by atoms with Crippen molar-refractivity contribution >= 4 is 11.3 Å². The molecule has 0 aliphatic heterocycles. The zero-order valence-electron chi connectivity index (χ0n) is 11.7. The van der Waals surface area contributed by atoms with E-state index in [1.54, 1.807) is 23.7 Å². The third-order valence-corrected chi connectivity index (χ3v) is 3.73. The lowest BCUT2D eigenvalue weighted by Crippen LogP contribution is -2.23. The predicted molar refractivity (Wildman–Crippen MR) is 81.0 cm³/mol. The van der Waals surface area contributed by atoms with E-state index in [2.05, 4.69) is 20.4 Å². The first-order chi connectivity index (χ1) is 10.8. The van der Waals surface area contributed by atoms with Gasteiger partial charge in [0, 0.05) is 22.8 Å². The minimum Gasteiger partial charge on any atom is -0.389 e. The summed E-state index contributed by atoms with van der Waals surface area (Å²) in [6.07, 6.45) is 2.67. The molecule has 114 valence electrons. The van der Waals surface area contributed by atoms with Gasteiger partial charge >= 0.3 is 0 Å². The maximum absolute atomic E-state index is 9.95. The van der Waals surface area contributed by atoms with Crippen molar-refractivity contribution in [3.05, 3.63) is 46.9 Å². The van der Waals surface area contributed by atoms with Crippen LogP contribution in [-0.2, 0) is 17.9 Å². The van der Waals surface area contributed by atoms with Crippen molar-refractivity contribution in [3.8, 4) is 11.4 Å². The lowest BCUT2D eigenvalue weighted by Gasteiger charge is -2.09. The van der Waals surface area contributed by atoms with Gasteiger partial charge in [0.15, 0.2) is 0 Å². The van der Waals surface area contributed by atoms with Crippen molar-refractivity contribution in [2.75, 3.05) is 6.61 Å². The molecule has 3 aromatic heterocycles. The molecule has 0 fully saturated rings. The fourth-order valence-corrected chi connectivity index (χ4v) is 2.50. The van der Waals surface area contributed by atoms with E-state index in [0.717, 1.165) is 10.4 Å². The number of aliphatic hydroxyl groups is 1. The first-order valence-electron chi connectivity index (χ1n) is 6.77. The molecule has 0 aromatic carbocycles. The van der Waals surface area contributed by atoms with Crippen LogP contribution in [0.15, 0.2) is 42.0 Å². The van der Waals surface area contributed by atoms with E-state index in [1.807, 2.05) is 29.6 Å².